The van der Waals surface area contributed by atoms with E-state index in [0.717, 1.165) is 17.0 Å². The van der Waals surface area contributed by atoms with Gasteiger partial charge in [0.15, 0.2) is 5.82 Å². The van der Waals surface area contributed by atoms with Crippen molar-refractivity contribution in [3.63, 3.8) is 0 Å². The number of hydrogen-bond donors (Lipinski definition) is 0. The highest BCUT2D eigenvalue weighted by atomic mass is 14.9. The second-order valence-electron chi connectivity index (χ2n) is 2.36. The second kappa shape index (κ2) is 2.60. The summed E-state index contributed by atoms with van der Waals surface area (Å²) in [4.78, 5) is 8.13. The molecule has 1 rings (SSSR count). The highest BCUT2D eigenvalue weighted by Gasteiger charge is 1.93. The monoisotopic (exact) mass is 134 g/mol. The zero-order valence-corrected chi connectivity index (χ0v) is 6.26. The number of nitrogens with zero attached hydrogens (tertiary/aromatic N) is 2. The molecule has 10 heavy (non-hydrogen) atoms. The lowest BCUT2D eigenvalue weighted by Gasteiger charge is -1.95. The molecular weight excluding hydrogens is 124 g/mol. The maximum Gasteiger partial charge on any atom is 0.154 e. The predicted octanol–water partition coefficient (Wildman–Crippen LogP) is 1.82. The van der Waals surface area contributed by atoms with E-state index in [0.29, 0.717) is 0 Å². The Kier molecular flexibility index (Phi) is 1.81. The van der Waals surface area contributed by atoms with Gasteiger partial charge in [-0.15, -0.1) is 0 Å². The van der Waals surface area contributed by atoms with E-state index < -0.39 is 0 Å². The Morgan fingerprint density at radius 3 is 2.30 bits per heavy atom. The Balaban J connectivity index is 3.00. The molecule has 0 atom stereocenters. The van der Waals surface area contributed by atoms with E-state index in [-0.39, 0.29) is 0 Å². The minimum absolute atomic E-state index is 0.727. The first-order valence-electron chi connectivity index (χ1n) is 3.14. The fourth-order valence-electron chi connectivity index (χ4n) is 0.613. The van der Waals surface area contributed by atoms with Gasteiger partial charge in [0, 0.05) is 12.4 Å². The zero-order chi connectivity index (χ0) is 7.56. The van der Waals surface area contributed by atoms with Crippen molar-refractivity contribution in [2.75, 3.05) is 0 Å². The molecule has 0 unspecified atom stereocenters. The van der Waals surface area contributed by atoms with Crippen molar-refractivity contribution in [3.8, 4) is 0 Å². The van der Waals surface area contributed by atoms with E-state index in [9.17, 15) is 0 Å². The van der Waals surface area contributed by atoms with Crippen molar-refractivity contribution in [1.29, 1.82) is 0 Å². The van der Waals surface area contributed by atoms with Gasteiger partial charge < -0.3 is 0 Å². The first-order chi connectivity index (χ1) is 4.70. The fraction of sp³-hybridized carbons (Fsp3) is 0.250. The van der Waals surface area contributed by atoms with Crippen LogP contribution >= 0.6 is 0 Å². The smallest absolute Gasteiger partial charge is 0.154 e. The van der Waals surface area contributed by atoms with Gasteiger partial charge in [-0.2, -0.15) is 0 Å². The lowest BCUT2D eigenvalue weighted by Crippen LogP contribution is -1.89. The van der Waals surface area contributed by atoms with Crippen molar-refractivity contribution >= 4 is 5.57 Å². The van der Waals surface area contributed by atoms with Crippen LogP contribution < -0.4 is 0 Å². The van der Waals surface area contributed by atoms with Crippen molar-refractivity contribution in [2.45, 2.75) is 13.8 Å². The van der Waals surface area contributed by atoms with E-state index >= 15 is 0 Å². The summed E-state index contributed by atoms with van der Waals surface area (Å²) in [6.07, 6.45) is 3.58. The van der Waals surface area contributed by atoms with Crippen LogP contribution in [0, 0.1) is 6.92 Å². The standard InChI is InChI=1S/C8H10N2/c1-6(2)8-9-4-7(3)5-10-8/h4-5H,1H2,2-3H3. The molecule has 0 spiro atoms. The van der Waals surface area contributed by atoms with Gasteiger partial charge >= 0.3 is 0 Å². The number of hydrogen-bond acceptors (Lipinski definition) is 2. The molecule has 2 nitrogen and oxygen atoms in total. The summed E-state index contributed by atoms with van der Waals surface area (Å²) in [5.74, 6) is 0.727. The predicted molar refractivity (Wildman–Crippen MR) is 41.5 cm³/mol. The summed E-state index contributed by atoms with van der Waals surface area (Å²) in [5.41, 5.74) is 1.98. The Bertz CT molecular complexity index is 236. The van der Waals surface area contributed by atoms with Crippen molar-refractivity contribution < 1.29 is 0 Å². The van der Waals surface area contributed by atoms with Gasteiger partial charge in [0.1, 0.15) is 0 Å². The lowest BCUT2D eigenvalue weighted by atomic mass is 10.3. The first kappa shape index (κ1) is 6.93. The van der Waals surface area contributed by atoms with Gasteiger partial charge in [0.05, 0.1) is 0 Å². The molecule has 0 saturated carbocycles. The maximum absolute atomic E-state index is 4.07. The van der Waals surface area contributed by atoms with Gasteiger partial charge in [0.25, 0.3) is 0 Å². The molecule has 0 N–H and O–H groups in total. The lowest BCUT2D eigenvalue weighted by molar-refractivity contribution is 1.08. The number of aromatic nitrogens is 2. The Labute approximate surface area is 60.6 Å². The SMILES string of the molecule is C=C(C)c1ncc(C)cn1. The quantitative estimate of drug-likeness (QED) is 0.585. The van der Waals surface area contributed by atoms with Crippen LogP contribution in [-0.2, 0) is 0 Å². The molecule has 52 valence electrons. The van der Waals surface area contributed by atoms with Crippen LogP contribution in [0.4, 0.5) is 0 Å². The van der Waals surface area contributed by atoms with Crippen LogP contribution in [0.15, 0.2) is 19.0 Å². The molecular formula is C8H10N2. The average molecular weight is 134 g/mol. The van der Waals surface area contributed by atoms with E-state index in [4.69, 9.17) is 0 Å². The largest absolute Gasteiger partial charge is 0.237 e. The number of aryl methyl sites for hydroxylation is 1. The van der Waals surface area contributed by atoms with Gasteiger partial charge in [-0.3, -0.25) is 0 Å². The minimum Gasteiger partial charge on any atom is -0.237 e. The molecule has 0 fully saturated rings. The Morgan fingerprint density at radius 1 is 1.40 bits per heavy atom. The number of allylic oxidation sites excluding steroid dienone is 1. The topological polar surface area (TPSA) is 25.8 Å². The molecule has 0 aliphatic heterocycles. The molecule has 1 aromatic heterocycles. The Morgan fingerprint density at radius 2 is 1.90 bits per heavy atom. The molecule has 2 heteroatoms. The molecule has 1 heterocycles. The highest BCUT2D eigenvalue weighted by Crippen LogP contribution is 2.03. The molecule has 0 aliphatic rings. The van der Waals surface area contributed by atoms with Crippen LogP contribution in [-0.4, -0.2) is 9.97 Å². The second-order valence-corrected chi connectivity index (χ2v) is 2.36. The van der Waals surface area contributed by atoms with Crippen LogP contribution in [0.2, 0.25) is 0 Å². The molecule has 0 bridgehead atoms. The van der Waals surface area contributed by atoms with E-state index in [1.807, 2.05) is 13.8 Å². The summed E-state index contributed by atoms with van der Waals surface area (Å²) < 4.78 is 0. The van der Waals surface area contributed by atoms with Gasteiger partial charge in [0.2, 0.25) is 0 Å². The van der Waals surface area contributed by atoms with Crippen LogP contribution in [0.5, 0.6) is 0 Å². The van der Waals surface area contributed by atoms with Crippen molar-refractivity contribution in [2.24, 2.45) is 0 Å². The molecule has 0 aromatic carbocycles. The van der Waals surface area contributed by atoms with E-state index in [1.54, 1.807) is 12.4 Å². The molecule has 0 saturated heterocycles. The van der Waals surface area contributed by atoms with Gasteiger partial charge in [-0.1, -0.05) is 6.58 Å². The third-order valence-corrected chi connectivity index (χ3v) is 1.16. The van der Waals surface area contributed by atoms with Gasteiger partial charge in [-0.25, -0.2) is 9.97 Å². The summed E-state index contributed by atoms with van der Waals surface area (Å²) >= 11 is 0. The summed E-state index contributed by atoms with van der Waals surface area (Å²) in [6.45, 7) is 7.58. The highest BCUT2D eigenvalue weighted by molar-refractivity contribution is 5.53. The molecule has 1 aromatic rings. The van der Waals surface area contributed by atoms with Crippen LogP contribution in [0.1, 0.15) is 18.3 Å². The average Bonchev–Trinajstić information content (AvgIpc) is 1.88. The normalized spacial score (nSPS) is 9.40. The van der Waals surface area contributed by atoms with E-state index in [2.05, 4.69) is 16.5 Å². The van der Waals surface area contributed by atoms with Crippen molar-refractivity contribution in [1.82, 2.24) is 9.97 Å². The zero-order valence-electron chi connectivity index (χ0n) is 6.26. The minimum atomic E-state index is 0.727. The number of rotatable bonds is 1. The molecule has 0 aliphatic carbocycles. The summed E-state index contributed by atoms with van der Waals surface area (Å²) in [6, 6.07) is 0. The van der Waals surface area contributed by atoms with Gasteiger partial charge in [-0.05, 0) is 25.0 Å². The first-order valence-corrected chi connectivity index (χ1v) is 3.14. The molecule has 0 amide bonds. The summed E-state index contributed by atoms with van der Waals surface area (Å²) in [5, 5.41) is 0. The van der Waals surface area contributed by atoms with Crippen LogP contribution in [0.25, 0.3) is 5.57 Å². The van der Waals surface area contributed by atoms with E-state index in [1.165, 1.54) is 0 Å². The van der Waals surface area contributed by atoms with Crippen LogP contribution in [0.3, 0.4) is 0 Å². The summed E-state index contributed by atoms with van der Waals surface area (Å²) in [7, 11) is 0. The maximum atomic E-state index is 4.07. The molecule has 0 radical (unpaired) electrons. The van der Waals surface area contributed by atoms with Crippen molar-refractivity contribution in [3.05, 3.63) is 30.4 Å². The third-order valence-electron chi connectivity index (χ3n) is 1.16. The Hall–Kier alpha value is -1.18. The third kappa shape index (κ3) is 1.41. The fourth-order valence-corrected chi connectivity index (χ4v) is 0.613.